The first-order valence-electron chi connectivity index (χ1n) is 7.03. The lowest BCUT2D eigenvalue weighted by atomic mass is 10.1. The molecule has 0 amide bonds. The van der Waals surface area contributed by atoms with Gasteiger partial charge in [-0.25, -0.2) is 13.1 Å². The number of hydrogen-bond donors (Lipinski definition) is 2. The van der Waals surface area contributed by atoms with Crippen molar-refractivity contribution in [1.82, 2.24) is 4.72 Å². The molecule has 112 valence electrons. The van der Waals surface area contributed by atoms with E-state index in [4.69, 9.17) is 0 Å². The van der Waals surface area contributed by atoms with E-state index in [1.807, 2.05) is 30.8 Å². The van der Waals surface area contributed by atoms with Crippen molar-refractivity contribution < 1.29 is 8.42 Å². The summed E-state index contributed by atoms with van der Waals surface area (Å²) in [5, 5.41) is 3.38. The molecule has 0 spiro atoms. The van der Waals surface area contributed by atoms with Gasteiger partial charge in [-0.2, -0.15) is 11.8 Å². The fourth-order valence-corrected chi connectivity index (χ4v) is 4.50. The van der Waals surface area contributed by atoms with E-state index < -0.39 is 10.0 Å². The first-order valence-corrected chi connectivity index (χ1v) is 9.67. The summed E-state index contributed by atoms with van der Waals surface area (Å²) in [4.78, 5) is 0.327. The van der Waals surface area contributed by atoms with Crippen LogP contribution in [0.4, 0.5) is 5.69 Å². The molecule has 20 heavy (non-hydrogen) atoms. The lowest BCUT2D eigenvalue weighted by Crippen LogP contribution is -2.24. The van der Waals surface area contributed by atoms with Gasteiger partial charge in [-0.1, -0.05) is 6.92 Å². The van der Waals surface area contributed by atoms with Crippen molar-refractivity contribution in [1.29, 1.82) is 0 Å². The van der Waals surface area contributed by atoms with Crippen LogP contribution in [-0.2, 0) is 10.0 Å². The van der Waals surface area contributed by atoms with Gasteiger partial charge in [0.25, 0.3) is 0 Å². The van der Waals surface area contributed by atoms with Crippen LogP contribution in [-0.4, -0.2) is 33.0 Å². The topological polar surface area (TPSA) is 58.2 Å². The average molecular weight is 314 g/mol. The van der Waals surface area contributed by atoms with Gasteiger partial charge in [0.05, 0.1) is 4.90 Å². The minimum atomic E-state index is -3.35. The molecule has 0 saturated carbocycles. The molecule has 1 aliphatic rings. The van der Waals surface area contributed by atoms with Crippen molar-refractivity contribution in [2.75, 3.05) is 29.9 Å². The molecular formula is C14H22N2O2S2. The van der Waals surface area contributed by atoms with E-state index in [1.165, 1.54) is 17.9 Å². The SMILES string of the molecule is CCCNS(=O)(=O)c1ccc(NCC2CCSC2)cc1. The van der Waals surface area contributed by atoms with Gasteiger partial charge in [-0.05, 0) is 54.5 Å². The number of rotatable bonds is 7. The highest BCUT2D eigenvalue weighted by molar-refractivity contribution is 7.99. The summed E-state index contributed by atoms with van der Waals surface area (Å²) in [5.41, 5.74) is 0.983. The van der Waals surface area contributed by atoms with Crippen LogP contribution in [0.3, 0.4) is 0 Å². The van der Waals surface area contributed by atoms with Gasteiger partial charge in [0, 0.05) is 18.8 Å². The molecule has 1 saturated heterocycles. The van der Waals surface area contributed by atoms with Crippen LogP contribution in [0.5, 0.6) is 0 Å². The molecule has 4 nitrogen and oxygen atoms in total. The number of benzene rings is 1. The lowest BCUT2D eigenvalue weighted by molar-refractivity contribution is 0.581. The Bertz CT molecular complexity index is 508. The molecule has 0 aliphatic carbocycles. The van der Waals surface area contributed by atoms with Gasteiger partial charge in [0.2, 0.25) is 10.0 Å². The zero-order valence-corrected chi connectivity index (χ0v) is 13.4. The van der Waals surface area contributed by atoms with Gasteiger partial charge in [0.15, 0.2) is 0 Å². The van der Waals surface area contributed by atoms with Crippen LogP contribution in [0.15, 0.2) is 29.2 Å². The van der Waals surface area contributed by atoms with Gasteiger partial charge in [0.1, 0.15) is 0 Å². The van der Waals surface area contributed by atoms with E-state index in [1.54, 1.807) is 12.1 Å². The van der Waals surface area contributed by atoms with Crippen molar-refractivity contribution in [3.63, 3.8) is 0 Å². The molecule has 6 heteroatoms. The van der Waals surface area contributed by atoms with E-state index >= 15 is 0 Å². The molecule has 1 aromatic carbocycles. The molecule has 2 rings (SSSR count). The molecule has 1 fully saturated rings. The number of nitrogens with one attached hydrogen (secondary N) is 2. The molecule has 0 aromatic heterocycles. The zero-order chi connectivity index (χ0) is 14.4. The molecule has 0 radical (unpaired) electrons. The number of sulfonamides is 1. The van der Waals surface area contributed by atoms with E-state index in [9.17, 15) is 8.42 Å². The average Bonchev–Trinajstić information content (AvgIpc) is 2.97. The molecule has 2 N–H and O–H groups in total. The van der Waals surface area contributed by atoms with Crippen molar-refractivity contribution in [3.8, 4) is 0 Å². The van der Waals surface area contributed by atoms with Crippen molar-refractivity contribution in [2.45, 2.75) is 24.7 Å². The molecule has 1 atom stereocenters. The van der Waals surface area contributed by atoms with Crippen LogP contribution in [0, 0.1) is 5.92 Å². The molecule has 1 aromatic rings. The standard InChI is InChI=1S/C14H22N2O2S2/c1-2-8-16-20(17,18)14-5-3-13(4-6-14)15-10-12-7-9-19-11-12/h3-6,12,15-16H,2,7-11H2,1H3. The van der Waals surface area contributed by atoms with Crippen LogP contribution in [0.1, 0.15) is 19.8 Å². The fourth-order valence-electron chi connectivity index (χ4n) is 2.08. The Labute approximate surface area is 125 Å². The van der Waals surface area contributed by atoms with E-state index in [2.05, 4.69) is 10.0 Å². The van der Waals surface area contributed by atoms with Crippen LogP contribution >= 0.6 is 11.8 Å². The Hall–Kier alpha value is -0.720. The first-order chi connectivity index (χ1) is 9.62. The summed E-state index contributed by atoms with van der Waals surface area (Å²) >= 11 is 2.00. The number of hydrogen-bond acceptors (Lipinski definition) is 4. The first kappa shape index (κ1) is 15.7. The highest BCUT2D eigenvalue weighted by Gasteiger charge is 2.15. The molecule has 0 bridgehead atoms. The monoisotopic (exact) mass is 314 g/mol. The molecule has 1 unspecified atom stereocenters. The minimum absolute atomic E-state index is 0.327. The zero-order valence-electron chi connectivity index (χ0n) is 11.8. The Morgan fingerprint density at radius 1 is 1.30 bits per heavy atom. The Morgan fingerprint density at radius 3 is 2.65 bits per heavy atom. The minimum Gasteiger partial charge on any atom is -0.385 e. The number of thioether (sulfide) groups is 1. The summed E-state index contributed by atoms with van der Waals surface area (Å²) in [6.07, 6.45) is 2.06. The molecule has 1 aliphatic heterocycles. The summed E-state index contributed by atoms with van der Waals surface area (Å²) < 4.78 is 26.4. The van der Waals surface area contributed by atoms with Crippen LogP contribution in [0.25, 0.3) is 0 Å². The molecular weight excluding hydrogens is 292 g/mol. The lowest BCUT2D eigenvalue weighted by Gasteiger charge is -2.12. The van der Waals surface area contributed by atoms with Gasteiger partial charge < -0.3 is 5.32 Å². The smallest absolute Gasteiger partial charge is 0.240 e. The quantitative estimate of drug-likeness (QED) is 0.812. The largest absolute Gasteiger partial charge is 0.385 e. The maximum atomic E-state index is 11.9. The third-order valence-corrected chi connectivity index (χ3v) is 6.03. The predicted octanol–water partition coefficient (Wildman–Crippen LogP) is 2.54. The summed E-state index contributed by atoms with van der Waals surface area (Å²) in [5.74, 6) is 3.21. The third kappa shape index (κ3) is 4.40. The predicted molar refractivity (Wildman–Crippen MR) is 85.8 cm³/mol. The summed E-state index contributed by atoms with van der Waals surface area (Å²) in [7, 11) is -3.35. The number of anilines is 1. The van der Waals surface area contributed by atoms with Crippen LogP contribution < -0.4 is 10.0 Å². The van der Waals surface area contributed by atoms with Gasteiger partial charge in [-0.3, -0.25) is 0 Å². The Kier molecular flexibility index (Phi) is 5.74. The van der Waals surface area contributed by atoms with Crippen molar-refractivity contribution in [3.05, 3.63) is 24.3 Å². The molecule has 1 heterocycles. The van der Waals surface area contributed by atoms with E-state index in [-0.39, 0.29) is 0 Å². The maximum Gasteiger partial charge on any atom is 0.240 e. The van der Waals surface area contributed by atoms with Gasteiger partial charge in [-0.15, -0.1) is 0 Å². The van der Waals surface area contributed by atoms with E-state index in [0.717, 1.165) is 24.6 Å². The second kappa shape index (κ2) is 7.33. The Morgan fingerprint density at radius 2 is 2.05 bits per heavy atom. The van der Waals surface area contributed by atoms with Crippen LogP contribution in [0.2, 0.25) is 0 Å². The summed E-state index contributed by atoms with van der Waals surface area (Å²) in [6.45, 7) is 3.38. The highest BCUT2D eigenvalue weighted by Crippen LogP contribution is 2.24. The second-order valence-electron chi connectivity index (χ2n) is 5.03. The van der Waals surface area contributed by atoms with Gasteiger partial charge >= 0.3 is 0 Å². The van der Waals surface area contributed by atoms with E-state index in [0.29, 0.717) is 11.4 Å². The Balaban J connectivity index is 1.91. The highest BCUT2D eigenvalue weighted by atomic mass is 32.2. The summed E-state index contributed by atoms with van der Waals surface area (Å²) in [6, 6.07) is 6.98. The van der Waals surface area contributed by atoms with Crippen molar-refractivity contribution in [2.24, 2.45) is 5.92 Å². The third-order valence-electron chi connectivity index (χ3n) is 3.33. The maximum absolute atomic E-state index is 11.9. The normalized spacial score (nSPS) is 19.1. The van der Waals surface area contributed by atoms with Crippen molar-refractivity contribution >= 4 is 27.5 Å². The fraction of sp³-hybridized carbons (Fsp3) is 0.571. The second-order valence-corrected chi connectivity index (χ2v) is 7.95.